The third-order valence-electron chi connectivity index (χ3n) is 7.22. The minimum absolute atomic E-state index is 0.127. The van der Waals surface area contributed by atoms with E-state index >= 15 is 0 Å². The van der Waals surface area contributed by atoms with Crippen molar-refractivity contribution in [3.8, 4) is 11.4 Å². The van der Waals surface area contributed by atoms with E-state index in [0.29, 0.717) is 6.54 Å². The third kappa shape index (κ3) is 5.67. The van der Waals surface area contributed by atoms with Crippen molar-refractivity contribution in [2.75, 3.05) is 37.7 Å². The van der Waals surface area contributed by atoms with Crippen molar-refractivity contribution < 1.29 is 9.53 Å². The topological polar surface area (TPSA) is 105 Å². The third-order valence-corrected chi connectivity index (χ3v) is 7.22. The molecule has 3 heterocycles. The second kappa shape index (κ2) is 10.5. The lowest BCUT2D eigenvalue weighted by atomic mass is 9.87. The lowest BCUT2D eigenvalue weighted by Crippen LogP contribution is -2.46. The Morgan fingerprint density at radius 3 is 2.47 bits per heavy atom. The maximum absolute atomic E-state index is 10.8. The number of aromatic nitrogens is 4. The van der Waals surface area contributed by atoms with Crippen LogP contribution in [0.5, 0.6) is 0 Å². The predicted molar refractivity (Wildman–Crippen MR) is 150 cm³/mol. The number of primary amides is 1. The summed E-state index contributed by atoms with van der Waals surface area (Å²) in [5.41, 5.74) is 11.9. The van der Waals surface area contributed by atoms with Gasteiger partial charge in [-0.25, -0.2) is 14.8 Å². The summed E-state index contributed by atoms with van der Waals surface area (Å²) in [5, 5.41) is 0. The second-order valence-electron chi connectivity index (χ2n) is 11.0. The lowest BCUT2D eigenvalue weighted by Gasteiger charge is -2.35. The number of H-pyrrole nitrogens is 1. The lowest BCUT2D eigenvalue weighted by molar-refractivity contribution is 0.152. The number of hydrogen-bond acceptors (Lipinski definition) is 6. The Morgan fingerprint density at radius 1 is 1.05 bits per heavy atom. The monoisotopic (exact) mass is 515 g/mol. The van der Waals surface area contributed by atoms with Crippen LogP contribution in [0.15, 0.2) is 48.7 Å². The first-order chi connectivity index (χ1) is 18.2. The normalized spacial score (nSPS) is 14.8. The Morgan fingerprint density at radius 2 is 1.79 bits per heavy atom. The summed E-state index contributed by atoms with van der Waals surface area (Å²) in [6.07, 6.45) is 1.28. The maximum atomic E-state index is 10.8. The first-order valence-corrected chi connectivity index (χ1v) is 13.2. The molecule has 1 aliphatic heterocycles. The van der Waals surface area contributed by atoms with Crippen molar-refractivity contribution in [2.24, 2.45) is 5.73 Å². The molecule has 38 heavy (non-hydrogen) atoms. The summed E-state index contributed by atoms with van der Waals surface area (Å²) >= 11 is 0. The zero-order chi connectivity index (χ0) is 26.9. The van der Waals surface area contributed by atoms with Gasteiger partial charge in [0.1, 0.15) is 23.8 Å². The highest BCUT2D eigenvalue weighted by atomic mass is 16.5. The Balaban J connectivity index is 1.24. The van der Waals surface area contributed by atoms with Crippen molar-refractivity contribution in [2.45, 2.75) is 46.2 Å². The number of para-hydroxylation sites is 1. The number of aryl methyl sites for hydroxylation is 1. The molecule has 1 aliphatic rings. The smallest absolute Gasteiger partial charge is 0.404 e. The number of carbonyl (C=O) groups is 1. The molecule has 0 spiro atoms. The minimum Gasteiger partial charge on any atom is -0.448 e. The molecular formula is C29H37N7O2. The highest BCUT2D eigenvalue weighted by Crippen LogP contribution is 2.30. The number of amides is 1. The quantitative estimate of drug-likeness (QED) is 0.377. The van der Waals surface area contributed by atoms with Crippen LogP contribution in [-0.4, -0.2) is 63.3 Å². The van der Waals surface area contributed by atoms with Crippen LogP contribution in [0.3, 0.4) is 0 Å². The van der Waals surface area contributed by atoms with Gasteiger partial charge in [0.15, 0.2) is 0 Å². The average Bonchev–Trinajstić information content (AvgIpc) is 3.47. The Bertz CT molecular complexity index is 1410. The summed E-state index contributed by atoms with van der Waals surface area (Å²) in [7, 11) is 0. The molecule has 5 rings (SSSR count). The summed E-state index contributed by atoms with van der Waals surface area (Å²) in [5.74, 6) is 1.81. The van der Waals surface area contributed by atoms with Gasteiger partial charge in [0.25, 0.3) is 0 Å². The van der Waals surface area contributed by atoms with E-state index in [1.165, 1.54) is 11.3 Å². The molecule has 1 saturated heterocycles. The van der Waals surface area contributed by atoms with Crippen LogP contribution in [0.4, 0.5) is 10.5 Å². The fraction of sp³-hybridized carbons (Fsp3) is 0.414. The summed E-state index contributed by atoms with van der Waals surface area (Å²) in [4.78, 5) is 28.9. The van der Waals surface area contributed by atoms with Crippen LogP contribution < -0.4 is 10.6 Å². The molecule has 9 heteroatoms. The number of hydrogen-bond donors (Lipinski definition) is 2. The van der Waals surface area contributed by atoms with Crippen LogP contribution >= 0.6 is 0 Å². The molecule has 200 valence electrons. The minimum atomic E-state index is -0.752. The number of nitrogens with two attached hydrogens (primary N) is 1. The molecule has 0 bridgehead atoms. The number of aromatic amines is 1. The highest BCUT2D eigenvalue weighted by molar-refractivity contribution is 5.91. The van der Waals surface area contributed by atoms with Crippen LogP contribution in [-0.2, 0) is 23.2 Å². The van der Waals surface area contributed by atoms with Gasteiger partial charge in [0.2, 0.25) is 0 Å². The number of nitrogens with zero attached hydrogens (tertiary/aromatic N) is 5. The van der Waals surface area contributed by atoms with Crippen molar-refractivity contribution in [1.29, 1.82) is 0 Å². The number of imidazole rings is 2. The number of nitrogens with one attached hydrogen (secondary N) is 1. The standard InChI is InChI=1S/C29H37N7O2/c1-20-31-23(19-36(20)16-17-38-28(30)37)18-34-12-14-35(15-13-34)25-7-5-6-24-26(25)33-27(32-24)21-8-10-22(11-9-21)29(2,3)4/h5-11,19H,12-18H2,1-4H3,(H2,30,37)(H,32,33). The van der Waals surface area contributed by atoms with Crippen molar-refractivity contribution in [3.63, 3.8) is 0 Å². The molecule has 0 unspecified atom stereocenters. The van der Waals surface area contributed by atoms with E-state index in [1.54, 1.807) is 0 Å². The first-order valence-electron chi connectivity index (χ1n) is 13.2. The van der Waals surface area contributed by atoms with E-state index in [4.69, 9.17) is 20.4 Å². The molecule has 1 amide bonds. The van der Waals surface area contributed by atoms with Crippen LogP contribution in [0.1, 0.15) is 37.9 Å². The number of carbonyl (C=O) groups excluding carboxylic acids is 1. The van der Waals surface area contributed by atoms with Gasteiger partial charge < -0.3 is 24.9 Å². The van der Waals surface area contributed by atoms with E-state index in [-0.39, 0.29) is 12.0 Å². The summed E-state index contributed by atoms with van der Waals surface area (Å²) in [6, 6.07) is 15.1. The molecule has 4 aromatic rings. The number of piperazine rings is 1. The van der Waals surface area contributed by atoms with Crippen molar-refractivity contribution >= 4 is 22.8 Å². The van der Waals surface area contributed by atoms with Crippen molar-refractivity contribution in [1.82, 2.24) is 24.4 Å². The van der Waals surface area contributed by atoms with Gasteiger partial charge in [-0.1, -0.05) is 51.1 Å². The van der Waals surface area contributed by atoms with Gasteiger partial charge in [-0.15, -0.1) is 0 Å². The Kier molecular flexibility index (Phi) is 7.12. The van der Waals surface area contributed by atoms with E-state index in [0.717, 1.165) is 66.7 Å². The Labute approximate surface area is 223 Å². The van der Waals surface area contributed by atoms with Gasteiger partial charge in [-0.2, -0.15) is 0 Å². The highest BCUT2D eigenvalue weighted by Gasteiger charge is 2.21. The van der Waals surface area contributed by atoms with E-state index in [1.807, 2.05) is 17.7 Å². The largest absolute Gasteiger partial charge is 0.448 e. The van der Waals surface area contributed by atoms with Gasteiger partial charge in [0.05, 0.1) is 23.4 Å². The molecule has 1 fully saturated rings. The molecule has 0 radical (unpaired) electrons. The fourth-order valence-corrected chi connectivity index (χ4v) is 5.03. The van der Waals surface area contributed by atoms with Gasteiger partial charge >= 0.3 is 6.09 Å². The maximum Gasteiger partial charge on any atom is 0.404 e. The number of ether oxygens (including phenoxy) is 1. The SMILES string of the molecule is Cc1nc(CN2CCN(c3cccc4[nH]c(-c5ccc(C(C)(C)C)cc5)nc34)CC2)cn1CCOC(N)=O. The van der Waals surface area contributed by atoms with Crippen LogP contribution in [0.25, 0.3) is 22.4 Å². The molecule has 2 aromatic carbocycles. The van der Waals surface area contributed by atoms with E-state index < -0.39 is 6.09 Å². The zero-order valence-corrected chi connectivity index (χ0v) is 22.7. The molecule has 0 aliphatic carbocycles. The number of rotatable bonds is 7. The average molecular weight is 516 g/mol. The first kappa shape index (κ1) is 25.8. The van der Waals surface area contributed by atoms with Crippen LogP contribution in [0, 0.1) is 6.92 Å². The number of benzene rings is 2. The van der Waals surface area contributed by atoms with Gasteiger partial charge in [0, 0.05) is 44.5 Å². The summed E-state index contributed by atoms with van der Waals surface area (Å²) in [6.45, 7) is 14.0. The van der Waals surface area contributed by atoms with E-state index in [2.05, 4.69) is 78.0 Å². The zero-order valence-electron chi connectivity index (χ0n) is 22.7. The molecule has 0 atom stereocenters. The molecular weight excluding hydrogens is 478 g/mol. The predicted octanol–water partition coefficient (Wildman–Crippen LogP) is 4.45. The summed E-state index contributed by atoms with van der Waals surface area (Å²) < 4.78 is 6.86. The molecule has 2 aromatic heterocycles. The van der Waals surface area contributed by atoms with Crippen LogP contribution in [0.2, 0.25) is 0 Å². The second-order valence-corrected chi connectivity index (χ2v) is 11.0. The van der Waals surface area contributed by atoms with E-state index in [9.17, 15) is 4.79 Å². The number of anilines is 1. The number of fused-ring (bicyclic) bond motifs is 1. The van der Waals surface area contributed by atoms with Crippen molar-refractivity contribution in [3.05, 3.63) is 65.7 Å². The molecule has 0 saturated carbocycles. The Hall–Kier alpha value is -3.85. The van der Waals surface area contributed by atoms with Gasteiger partial charge in [-0.3, -0.25) is 4.90 Å². The fourth-order valence-electron chi connectivity index (χ4n) is 5.03. The molecule has 9 nitrogen and oxygen atoms in total. The molecule has 3 N–H and O–H groups in total. The van der Waals surface area contributed by atoms with Gasteiger partial charge in [-0.05, 0) is 30.0 Å².